The summed E-state index contributed by atoms with van der Waals surface area (Å²) in [6.07, 6.45) is 0. The van der Waals surface area contributed by atoms with Gasteiger partial charge in [-0.2, -0.15) is 5.26 Å². The third kappa shape index (κ3) is 3.19. The van der Waals surface area contributed by atoms with Crippen LogP contribution >= 0.6 is 0 Å². The molecule has 0 aromatic heterocycles. The maximum absolute atomic E-state index is 13.2. The summed E-state index contributed by atoms with van der Waals surface area (Å²) in [5, 5.41) is 8.72. The Bertz CT molecular complexity index is 778. The number of halogens is 2. The molecule has 0 saturated heterocycles. The van der Waals surface area contributed by atoms with Crippen LogP contribution in [0, 0.1) is 23.0 Å². The van der Waals surface area contributed by atoms with E-state index >= 15 is 0 Å². The minimum Gasteiger partial charge on any atom is -0.223 e. The van der Waals surface area contributed by atoms with E-state index < -0.39 is 27.2 Å². The van der Waals surface area contributed by atoms with Gasteiger partial charge in [-0.25, -0.2) is 17.2 Å². The van der Waals surface area contributed by atoms with Gasteiger partial charge in [0.2, 0.25) is 0 Å². The molecule has 2 aromatic carbocycles. The first-order valence-electron chi connectivity index (χ1n) is 5.58. The predicted molar refractivity (Wildman–Crippen MR) is 68.4 cm³/mol. The summed E-state index contributed by atoms with van der Waals surface area (Å²) < 4.78 is 50.2. The van der Waals surface area contributed by atoms with Crippen molar-refractivity contribution in [1.82, 2.24) is 0 Å². The Morgan fingerprint density at radius 3 is 2.25 bits per heavy atom. The van der Waals surface area contributed by atoms with Crippen LogP contribution in [-0.4, -0.2) is 8.42 Å². The molecular weight excluding hydrogens is 284 g/mol. The fourth-order valence-electron chi connectivity index (χ4n) is 1.74. The van der Waals surface area contributed by atoms with Crippen LogP contribution in [0.3, 0.4) is 0 Å². The molecule has 0 fully saturated rings. The van der Waals surface area contributed by atoms with Gasteiger partial charge < -0.3 is 0 Å². The van der Waals surface area contributed by atoms with Gasteiger partial charge >= 0.3 is 0 Å². The van der Waals surface area contributed by atoms with Crippen molar-refractivity contribution in [3.05, 3.63) is 65.2 Å². The van der Waals surface area contributed by atoms with Crippen molar-refractivity contribution < 1.29 is 17.2 Å². The molecule has 2 rings (SSSR count). The maximum atomic E-state index is 13.2. The van der Waals surface area contributed by atoms with Crippen molar-refractivity contribution in [2.45, 2.75) is 10.6 Å². The second kappa shape index (κ2) is 5.39. The maximum Gasteiger partial charge on any atom is 0.182 e. The molecule has 3 nitrogen and oxygen atoms in total. The number of nitrogens with zero attached hydrogens (tertiary/aromatic N) is 1. The Kier molecular flexibility index (Phi) is 3.81. The molecule has 0 bridgehead atoms. The first kappa shape index (κ1) is 14.2. The predicted octanol–water partition coefficient (Wildman–Crippen LogP) is 2.81. The summed E-state index contributed by atoms with van der Waals surface area (Å²) in [5.41, 5.74) is 0.222. The molecular formula is C14H9F2NO2S. The van der Waals surface area contributed by atoms with Crippen LogP contribution < -0.4 is 0 Å². The number of sulfone groups is 1. The van der Waals surface area contributed by atoms with Crippen LogP contribution in [0.15, 0.2) is 47.4 Å². The smallest absolute Gasteiger partial charge is 0.182 e. The van der Waals surface area contributed by atoms with E-state index in [0.717, 1.165) is 36.4 Å². The summed E-state index contributed by atoms with van der Waals surface area (Å²) in [6.45, 7) is 0. The molecule has 0 aliphatic heterocycles. The summed E-state index contributed by atoms with van der Waals surface area (Å²) in [6, 6.07) is 9.52. The average Bonchev–Trinajstić information content (AvgIpc) is 2.37. The van der Waals surface area contributed by atoms with Gasteiger partial charge in [-0.05, 0) is 48.0 Å². The minimum absolute atomic E-state index is 0.0503. The third-order valence-corrected chi connectivity index (χ3v) is 4.32. The van der Waals surface area contributed by atoms with Gasteiger partial charge in [-0.1, -0.05) is 0 Å². The largest absolute Gasteiger partial charge is 0.223 e. The highest BCUT2D eigenvalue weighted by atomic mass is 32.2. The van der Waals surface area contributed by atoms with Gasteiger partial charge in [-0.15, -0.1) is 0 Å². The Hall–Kier alpha value is -2.26. The van der Waals surface area contributed by atoms with Crippen molar-refractivity contribution in [3.63, 3.8) is 0 Å². The second-order valence-corrected chi connectivity index (χ2v) is 6.16. The van der Waals surface area contributed by atoms with Crippen molar-refractivity contribution in [1.29, 1.82) is 5.26 Å². The summed E-state index contributed by atoms with van der Waals surface area (Å²) >= 11 is 0. The third-order valence-electron chi connectivity index (χ3n) is 2.62. The minimum atomic E-state index is -3.71. The van der Waals surface area contributed by atoms with Crippen molar-refractivity contribution >= 4 is 9.84 Å². The van der Waals surface area contributed by atoms with Gasteiger partial charge in [-0.3, -0.25) is 0 Å². The molecule has 20 heavy (non-hydrogen) atoms. The van der Waals surface area contributed by atoms with Crippen molar-refractivity contribution in [2.75, 3.05) is 0 Å². The molecule has 2 aromatic rings. The van der Waals surface area contributed by atoms with E-state index in [1.54, 1.807) is 6.07 Å². The molecule has 102 valence electrons. The normalized spacial score (nSPS) is 11.1. The Morgan fingerprint density at radius 1 is 1.00 bits per heavy atom. The van der Waals surface area contributed by atoms with E-state index in [0.29, 0.717) is 0 Å². The monoisotopic (exact) mass is 293 g/mol. The van der Waals surface area contributed by atoms with E-state index in [2.05, 4.69) is 0 Å². The Balaban J connectivity index is 2.36. The topological polar surface area (TPSA) is 57.9 Å². The van der Waals surface area contributed by atoms with Crippen molar-refractivity contribution in [3.8, 4) is 6.07 Å². The van der Waals surface area contributed by atoms with Crippen LogP contribution in [0.25, 0.3) is 0 Å². The molecule has 0 radical (unpaired) electrons. The van der Waals surface area contributed by atoms with Crippen LogP contribution in [0.2, 0.25) is 0 Å². The second-order valence-electron chi connectivity index (χ2n) is 4.17. The molecule has 0 aliphatic rings. The summed E-state index contributed by atoms with van der Waals surface area (Å²) in [4.78, 5) is -0.0540. The lowest BCUT2D eigenvalue weighted by atomic mass is 10.1. The molecule has 0 spiro atoms. The summed E-state index contributed by atoms with van der Waals surface area (Å²) in [5.74, 6) is -1.67. The molecule has 0 unspecified atom stereocenters. The van der Waals surface area contributed by atoms with Gasteiger partial charge in [0.1, 0.15) is 11.6 Å². The van der Waals surface area contributed by atoms with E-state index in [9.17, 15) is 17.2 Å². The first-order chi connectivity index (χ1) is 9.40. The first-order valence-corrected chi connectivity index (χ1v) is 7.24. The quantitative estimate of drug-likeness (QED) is 0.818. The molecule has 0 atom stereocenters. The van der Waals surface area contributed by atoms with Gasteiger partial charge in [0, 0.05) is 0 Å². The van der Waals surface area contributed by atoms with Crippen LogP contribution in [0.4, 0.5) is 8.78 Å². The summed E-state index contributed by atoms with van der Waals surface area (Å²) in [7, 11) is -3.71. The average molecular weight is 293 g/mol. The zero-order chi connectivity index (χ0) is 14.8. The Morgan fingerprint density at radius 2 is 1.65 bits per heavy atom. The SMILES string of the molecule is N#Cc1cc(F)cc(CS(=O)(=O)c2ccc(F)cc2)c1. The lowest BCUT2D eigenvalue weighted by molar-refractivity contribution is 0.593. The van der Waals surface area contributed by atoms with Crippen LogP contribution in [0.1, 0.15) is 11.1 Å². The van der Waals surface area contributed by atoms with Crippen molar-refractivity contribution in [2.24, 2.45) is 0 Å². The molecule has 0 saturated carbocycles. The standard InChI is InChI=1S/C14H9F2NO2S/c15-12-1-3-14(4-2-12)20(18,19)9-11-5-10(8-17)6-13(16)7-11/h1-7H,9H2. The van der Waals surface area contributed by atoms with Crippen LogP contribution in [-0.2, 0) is 15.6 Å². The van der Waals surface area contributed by atoms with E-state index in [4.69, 9.17) is 5.26 Å². The fourth-order valence-corrected chi connectivity index (χ4v) is 3.07. The fraction of sp³-hybridized carbons (Fsp3) is 0.0714. The lowest BCUT2D eigenvalue weighted by Gasteiger charge is -2.05. The molecule has 6 heteroatoms. The highest BCUT2D eigenvalue weighted by molar-refractivity contribution is 7.90. The van der Waals surface area contributed by atoms with E-state index in [1.165, 1.54) is 6.07 Å². The number of hydrogen-bond acceptors (Lipinski definition) is 3. The van der Waals surface area contributed by atoms with Gasteiger partial charge in [0.15, 0.2) is 9.84 Å². The molecule has 0 aliphatic carbocycles. The molecule has 0 heterocycles. The molecule has 0 N–H and O–H groups in total. The van der Waals surface area contributed by atoms with Gasteiger partial charge in [0.25, 0.3) is 0 Å². The number of benzene rings is 2. The zero-order valence-electron chi connectivity index (χ0n) is 10.2. The number of hydrogen-bond donors (Lipinski definition) is 0. The highest BCUT2D eigenvalue weighted by Crippen LogP contribution is 2.18. The van der Waals surface area contributed by atoms with E-state index in [-0.39, 0.29) is 16.0 Å². The lowest BCUT2D eigenvalue weighted by Crippen LogP contribution is -2.05. The molecule has 0 amide bonds. The van der Waals surface area contributed by atoms with Crippen LogP contribution in [0.5, 0.6) is 0 Å². The van der Waals surface area contributed by atoms with E-state index in [1.807, 2.05) is 0 Å². The highest BCUT2D eigenvalue weighted by Gasteiger charge is 2.16. The number of nitriles is 1. The zero-order valence-corrected chi connectivity index (χ0v) is 11.0. The Labute approximate surface area is 115 Å². The number of rotatable bonds is 3. The van der Waals surface area contributed by atoms with Gasteiger partial charge in [0.05, 0.1) is 22.3 Å².